The first-order valence-corrected chi connectivity index (χ1v) is 6.47. The van der Waals surface area contributed by atoms with Gasteiger partial charge >= 0.3 is 5.97 Å². The van der Waals surface area contributed by atoms with E-state index in [4.69, 9.17) is 5.11 Å². The zero-order valence-corrected chi connectivity index (χ0v) is 10.8. The van der Waals surface area contributed by atoms with Crippen molar-refractivity contribution in [3.8, 4) is 0 Å². The van der Waals surface area contributed by atoms with E-state index < -0.39 is 5.97 Å². The van der Waals surface area contributed by atoms with Crippen LogP contribution in [-0.2, 0) is 11.2 Å². The summed E-state index contributed by atoms with van der Waals surface area (Å²) in [6.45, 7) is 2.08. The summed E-state index contributed by atoms with van der Waals surface area (Å²) in [4.78, 5) is 22.1. The first-order valence-electron chi connectivity index (χ1n) is 6.47. The van der Waals surface area contributed by atoms with E-state index in [9.17, 15) is 9.59 Å². The molecule has 0 aromatic heterocycles. The predicted molar refractivity (Wildman–Crippen MR) is 70.9 cm³/mol. The second kappa shape index (κ2) is 7.64. The second-order valence-electron chi connectivity index (χ2n) is 4.43. The van der Waals surface area contributed by atoms with Gasteiger partial charge in [0.25, 0.3) is 0 Å². The molecule has 1 N–H and O–H groups in total. The maximum absolute atomic E-state index is 11.8. The third-order valence-corrected chi connectivity index (χ3v) is 2.98. The summed E-state index contributed by atoms with van der Waals surface area (Å²) in [5.74, 6) is -0.621. The number of aryl methyl sites for hydroxylation is 1. The number of hydrogen-bond donors (Lipinski definition) is 1. The summed E-state index contributed by atoms with van der Waals surface area (Å²) in [6.07, 6.45) is 3.89. The van der Waals surface area contributed by atoms with Gasteiger partial charge in [-0.25, -0.2) is 0 Å². The van der Waals surface area contributed by atoms with Gasteiger partial charge in [-0.2, -0.15) is 0 Å². The number of benzene rings is 1. The van der Waals surface area contributed by atoms with Gasteiger partial charge in [-0.1, -0.05) is 37.6 Å². The lowest BCUT2D eigenvalue weighted by Crippen LogP contribution is -2.00. The van der Waals surface area contributed by atoms with Crippen LogP contribution in [0.4, 0.5) is 0 Å². The summed E-state index contributed by atoms with van der Waals surface area (Å²) in [7, 11) is 0. The quantitative estimate of drug-likeness (QED) is 0.566. The van der Waals surface area contributed by atoms with Gasteiger partial charge in [0, 0.05) is 18.4 Å². The van der Waals surface area contributed by atoms with Crippen LogP contribution in [-0.4, -0.2) is 16.9 Å². The topological polar surface area (TPSA) is 54.4 Å². The van der Waals surface area contributed by atoms with E-state index in [1.54, 1.807) is 0 Å². The van der Waals surface area contributed by atoms with Crippen molar-refractivity contribution in [2.45, 2.75) is 45.4 Å². The summed E-state index contributed by atoms with van der Waals surface area (Å²) in [5.41, 5.74) is 1.98. The van der Waals surface area contributed by atoms with Crippen molar-refractivity contribution in [3.05, 3.63) is 35.4 Å². The fraction of sp³-hybridized carbons (Fsp3) is 0.467. The highest BCUT2D eigenvalue weighted by atomic mass is 16.4. The van der Waals surface area contributed by atoms with Crippen molar-refractivity contribution in [2.24, 2.45) is 0 Å². The Morgan fingerprint density at radius 3 is 2.17 bits per heavy atom. The molecule has 0 heterocycles. The zero-order chi connectivity index (χ0) is 13.4. The molecule has 0 radical (unpaired) electrons. The number of unbranched alkanes of at least 4 members (excludes halogenated alkanes) is 2. The number of rotatable bonds is 8. The van der Waals surface area contributed by atoms with Gasteiger partial charge < -0.3 is 5.11 Å². The molecule has 3 nitrogen and oxygen atoms in total. The highest BCUT2D eigenvalue weighted by Gasteiger charge is 2.05. The molecule has 0 aliphatic carbocycles. The van der Waals surface area contributed by atoms with E-state index in [0.717, 1.165) is 24.8 Å². The van der Waals surface area contributed by atoms with Crippen LogP contribution in [0, 0.1) is 0 Å². The largest absolute Gasteiger partial charge is 0.481 e. The molecule has 0 aliphatic heterocycles. The molecule has 0 saturated heterocycles. The number of hydrogen-bond acceptors (Lipinski definition) is 2. The number of ketones is 1. The van der Waals surface area contributed by atoms with Gasteiger partial charge in [0.15, 0.2) is 5.78 Å². The Hall–Kier alpha value is -1.64. The third-order valence-electron chi connectivity index (χ3n) is 2.98. The fourth-order valence-corrected chi connectivity index (χ4v) is 1.81. The van der Waals surface area contributed by atoms with Gasteiger partial charge in [0.05, 0.1) is 0 Å². The Morgan fingerprint density at radius 1 is 1.00 bits per heavy atom. The minimum Gasteiger partial charge on any atom is -0.481 e. The Labute approximate surface area is 108 Å². The number of carbonyl (C=O) groups is 2. The van der Waals surface area contributed by atoms with Gasteiger partial charge in [-0.3, -0.25) is 9.59 Å². The Morgan fingerprint density at radius 2 is 1.61 bits per heavy atom. The second-order valence-corrected chi connectivity index (χ2v) is 4.43. The molecule has 3 heteroatoms. The van der Waals surface area contributed by atoms with E-state index in [1.165, 1.54) is 5.56 Å². The van der Waals surface area contributed by atoms with Crippen LogP contribution in [0.5, 0.6) is 0 Å². The first-order chi connectivity index (χ1) is 8.63. The molecule has 98 valence electrons. The van der Waals surface area contributed by atoms with Crippen LogP contribution in [0.1, 0.15) is 54.9 Å². The lowest BCUT2D eigenvalue weighted by atomic mass is 10.0. The number of carboxylic acid groups (broad SMARTS) is 1. The van der Waals surface area contributed by atoms with Crippen LogP contribution < -0.4 is 0 Å². The van der Waals surface area contributed by atoms with Gasteiger partial charge in [-0.05, 0) is 24.8 Å². The molecular weight excluding hydrogens is 228 g/mol. The highest BCUT2D eigenvalue weighted by Crippen LogP contribution is 2.11. The first kappa shape index (κ1) is 14.4. The number of Topliss-reactive ketones (excluding diaryl/α,β-unsaturated/α-hetero) is 1. The molecule has 0 fully saturated rings. The van der Waals surface area contributed by atoms with Crippen LogP contribution in [0.15, 0.2) is 24.3 Å². The van der Waals surface area contributed by atoms with Gasteiger partial charge in [0.2, 0.25) is 0 Å². The summed E-state index contributed by atoms with van der Waals surface area (Å²) in [5, 5.41) is 8.48. The molecule has 0 spiro atoms. The van der Waals surface area contributed by atoms with E-state index in [2.05, 4.69) is 6.92 Å². The predicted octanol–water partition coefficient (Wildman–Crippen LogP) is 3.47. The van der Waals surface area contributed by atoms with Crippen LogP contribution in [0.2, 0.25) is 0 Å². The maximum atomic E-state index is 11.8. The van der Waals surface area contributed by atoms with Gasteiger partial charge in [-0.15, -0.1) is 0 Å². The molecule has 1 aromatic rings. The van der Waals surface area contributed by atoms with Crippen LogP contribution in [0.3, 0.4) is 0 Å². The number of carboxylic acids is 1. The van der Waals surface area contributed by atoms with Gasteiger partial charge in [0.1, 0.15) is 0 Å². The Kier molecular flexibility index (Phi) is 6.12. The summed E-state index contributed by atoms with van der Waals surface area (Å²) in [6, 6.07) is 7.71. The summed E-state index contributed by atoms with van der Waals surface area (Å²) < 4.78 is 0. The normalized spacial score (nSPS) is 10.3. The van der Waals surface area contributed by atoms with E-state index >= 15 is 0 Å². The Bertz CT molecular complexity index is 393. The SMILES string of the molecule is CCc1ccc(C(=O)CCCCCC(=O)O)cc1. The molecular formula is C15H20O3. The fourth-order valence-electron chi connectivity index (χ4n) is 1.81. The third kappa shape index (κ3) is 5.13. The van der Waals surface area contributed by atoms with Crippen molar-refractivity contribution >= 4 is 11.8 Å². The Balaban J connectivity index is 2.29. The standard InChI is InChI=1S/C15H20O3/c1-2-12-8-10-13(11-9-12)14(16)6-4-3-5-7-15(17)18/h8-11H,2-7H2,1H3,(H,17,18). The van der Waals surface area contributed by atoms with Crippen molar-refractivity contribution in [2.75, 3.05) is 0 Å². The lowest BCUT2D eigenvalue weighted by molar-refractivity contribution is -0.137. The van der Waals surface area contributed by atoms with Crippen molar-refractivity contribution < 1.29 is 14.7 Å². The minimum absolute atomic E-state index is 0.146. The average Bonchev–Trinajstić information content (AvgIpc) is 2.38. The molecule has 0 unspecified atom stereocenters. The average molecular weight is 248 g/mol. The van der Waals surface area contributed by atoms with E-state index in [-0.39, 0.29) is 12.2 Å². The lowest BCUT2D eigenvalue weighted by Gasteiger charge is -2.02. The minimum atomic E-state index is -0.767. The van der Waals surface area contributed by atoms with Crippen LogP contribution >= 0.6 is 0 Å². The molecule has 0 bridgehead atoms. The monoisotopic (exact) mass is 248 g/mol. The maximum Gasteiger partial charge on any atom is 0.303 e. The summed E-state index contributed by atoms with van der Waals surface area (Å²) >= 11 is 0. The highest BCUT2D eigenvalue weighted by molar-refractivity contribution is 5.96. The number of aliphatic carboxylic acids is 1. The molecule has 0 atom stereocenters. The molecule has 1 aromatic carbocycles. The van der Waals surface area contributed by atoms with Crippen molar-refractivity contribution in [1.82, 2.24) is 0 Å². The smallest absolute Gasteiger partial charge is 0.303 e. The van der Waals surface area contributed by atoms with Crippen LogP contribution in [0.25, 0.3) is 0 Å². The van der Waals surface area contributed by atoms with E-state index in [1.807, 2.05) is 24.3 Å². The zero-order valence-electron chi connectivity index (χ0n) is 10.8. The molecule has 18 heavy (non-hydrogen) atoms. The molecule has 0 amide bonds. The molecule has 1 rings (SSSR count). The molecule has 0 aliphatic rings. The van der Waals surface area contributed by atoms with E-state index in [0.29, 0.717) is 12.8 Å². The number of carbonyl (C=O) groups excluding carboxylic acids is 1. The van der Waals surface area contributed by atoms with Crippen molar-refractivity contribution in [3.63, 3.8) is 0 Å². The van der Waals surface area contributed by atoms with Crippen molar-refractivity contribution in [1.29, 1.82) is 0 Å². The molecule has 0 saturated carbocycles.